The molecule has 1 unspecified atom stereocenters. The van der Waals surface area contributed by atoms with Crippen molar-refractivity contribution in [3.8, 4) is 0 Å². The molecule has 2 aliphatic rings. The Balaban J connectivity index is 1.64. The molecule has 0 aliphatic carbocycles. The molecule has 0 bridgehead atoms. The first kappa shape index (κ1) is 24.9. The fourth-order valence-electron chi connectivity index (χ4n) is 4.86. The summed E-state index contributed by atoms with van der Waals surface area (Å²) in [6.45, 7) is 8.64. The van der Waals surface area contributed by atoms with E-state index in [1.807, 2.05) is 30.8 Å². The highest BCUT2D eigenvalue weighted by Gasteiger charge is 2.38. The summed E-state index contributed by atoms with van der Waals surface area (Å²) in [4.78, 5) is 2.75. The van der Waals surface area contributed by atoms with Crippen LogP contribution in [0.5, 0.6) is 0 Å². The topological polar surface area (TPSA) is 56.0 Å². The summed E-state index contributed by atoms with van der Waals surface area (Å²) in [5.74, 6) is 1.27. The predicted molar refractivity (Wildman–Crippen MR) is 129 cm³/mol. The van der Waals surface area contributed by atoms with Crippen molar-refractivity contribution in [1.82, 2.24) is 9.21 Å². The minimum absolute atomic E-state index is 0.126. The zero-order chi connectivity index (χ0) is 23.5. The van der Waals surface area contributed by atoms with E-state index in [4.69, 9.17) is 0 Å². The van der Waals surface area contributed by atoms with E-state index < -0.39 is 10.0 Å². The Morgan fingerprint density at radius 2 is 1.81 bits per heavy atom. The van der Waals surface area contributed by atoms with E-state index in [1.165, 1.54) is 42.2 Å². The molecule has 6 nitrogen and oxygen atoms in total. The van der Waals surface area contributed by atoms with E-state index in [0.717, 1.165) is 36.6 Å². The lowest BCUT2D eigenvalue weighted by Crippen LogP contribution is -2.32. The molecule has 3 rings (SSSR count). The van der Waals surface area contributed by atoms with Crippen molar-refractivity contribution in [1.29, 1.82) is 0 Å². The highest BCUT2D eigenvalue weighted by molar-refractivity contribution is 7.89. The van der Waals surface area contributed by atoms with Gasteiger partial charge in [0.05, 0.1) is 4.90 Å². The van der Waals surface area contributed by atoms with Gasteiger partial charge in [0, 0.05) is 14.0 Å². The molecule has 0 amide bonds. The van der Waals surface area contributed by atoms with E-state index in [-0.39, 0.29) is 6.04 Å². The van der Waals surface area contributed by atoms with Crippen LogP contribution >= 0.6 is 0 Å². The molecule has 1 fully saturated rings. The molecule has 1 aromatic carbocycles. The molecule has 32 heavy (non-hydrogen) atoms. The van der Waals surface area contributed by atoms with Crippen LogP contribution in [0.3, 0.4) is 0 Å². The molecular formula is C25H41N4O2S+. The molecular weight excluding hydrogens is 420 g/mol. The maximum atomic E-state index is 13.4. The van der Waals surface area contributed by atoms with Crippen LogP contribution in [0.2, 0.25) is 0 Å². The molecule has 0 aromatic heterocycles. The second-order valence-corrected chi connectivity index (χ2v) is 12.0. The highest BCUT2D eigenvalue weighted by atomic mass is 32.2. The first-order valence-corrected chi connectivity index (χ1v) is 13.4. The van der Waals surface area contributed by atoms with Crippen LogP contribution in [0.4, 0.5) is 0 Å². The maximum Gasteiger partial charge on any atom is 0.264 e. The van der Waals surface area contributed by atoms with Gasteiger partial charge in [-0.15, -0.1) is 0 Å². The van der Waals surface area contributed by atoms with Crippen LogP contribution in [0.15, 0.2) is 45.7 Å². The molecule has 0 radical (unpaired) electrons. The molecule has 178 valence electrons. The fourth-order valence-corrected chi connectivity index (χ4v) is 6.17. The Hall–Kier alpha value is -1.73. The smallest absolute Gasteiger partial charge is 0.264 e. The third kappa shape index (κ3) is 5.79. The second kappa shape index (κ2) is 10.5. The van der Waals surface area contributed by atoms with Crippen molar-refractivity contribution in [3.05, 3.63) is 41.2 Å². The number of azo groups is 2. The zero-order valence-corrected chi connectivity index (χ0v) is 21.5. The molecule has 0 N–H and O–H groups in total. The normalized spacial score (nSPS) is 20.8. The largest absolute Gasteiger partial charge is 0.306 e. The van der Waals surface area contributed by atoms with Crippen LogP contribution in [0.1, 0.15) is 58.4 Å². The van der Waals surface area contributed by atoms with Crippen LogP contribution < -0.4 is 0 Å². The molecule has 2 heterocycles. The van der Waals surface area contributed by atoms with Gasteiger partial charge in [0.25, 0.3) is 10.0 Å². The number of likely N-dealkylation sites (tertiary alicyclic amines) is 1. The molecule has 0 spiro atoms. The van der Waals surface area contributed by atoms with Gasteiger partial charge in [-0.25, -0.2) is 8.42 Å². The van der Waals surface area contributed by atoms with Crippen molar-refractivity contribution in [3.63, 3.8) is 0 Å². The van der Waals surface area contributed by atoms with Crippen molar-refractivity contribution in [2.75, 3.05) is 34.2 Å². The van der Waals surface area contributed by atoms with Crippen LogP contribution in [-0.2, 0) is 16.4 Å². The zero-order valence-electron chi connectivity index (χ0n) is 20.7. The Morgan fingerprint density at radius 1 is 1.19 bits per heavy atom. The number of nitrogens with zero attached hydrogens (tertiary/aromatic N) is 4. The Bertz CT molecular complexity index is 943. The summed E-state index contributed by atoms with van der Waals surface area (Å²) in [7, 11) is 2.12. The lowest BCUT2D eigenvalue weighted by molar-refractivity contribution is -0.512. The van der Waals surface area contributed by atoms with Crippen molar-refractivity contribution in [2.45, 2.75) is 70.2 Å². The summed E-state index contributed by atoms with van der Waals surface area (Å²) >= 11 is 0. The van der Waals surface area contributed by atoms with Crippen molar-refractivity contribution >= 4 is 10.0 Å². The number of hydrogen-bond donors (Lipinski definition) is 0. The first-order valence-electron chi connectivity index (χ1n) is 12.0. The maximum absolute atomic E-state index is 13.4. The summed E-state index contributed by atoms with van der Waals surface area (Å²) in [5.41, 5.74) is 2.89. The van der Waals surface area contributed by atoms with E-state index in [2.05, 4.69) is 30.9 Å². The number of allylic oxidation sites excluding steroid dienone is 1. The SMILES string of the molecule is CC1=C(N(C)S(=O)(=O)c2ccc(CCCC3CCN(C)CC3)cc2)C(CC(C)C)N=[N+]1C. The number of piperidine rings is 1. The number of rotatable bonds is 9. The van der Waals surface area contributed by atoms with Gasteiger partial charge in [-0.2, -0.15) is 0 Å². The lowest BCUT2D eigenvalue weighted by Gasteiger charge is -2.28. The second-order valence-electron chi connectivity index (χ2n) is 10.0. The van der Waals surface area contributed by atoms with Gasteiger partial charge in [0.15, 0.2) is 13.1 Å². The monoisotopic (exact) mass is 461 g/mol. The van der Waals surface area contributed by atoms with Crippen LogP contribution in [0, 0.1) is 11.8 Å². The van der Waals surface area contributed by atoms with Gasteiger partial charge in [0.2, 0.25) is 5.70 Å². The molecule has 2 aliphatic heterocycles. The average Bonchev–Trinajstić information content (AvgIpc) is 3.01. The number of hydrogen-bond acceptors (Lipinski definition) is 4. The van der Waals surface area contributed by atoms with E-state index in [9.17, 15) is 8.42 Å². The summed E-state index contributed by atoms with van der Waals surface area (Å²) in [5, 5.41) is 4.66. The van der Waals surface area contributed by atoms with Gasteiger partial charge in [0.1, 0.15) is 5.70 Å². The minimum Gasteiger partial charge on any atom is -0.306 e. The van der Waals surface area contributed by atoms with E-state index >= 15 is 0 Å². The van der Waals surface area contributed by atoms with E-state index in [1.54, 1.807) is 19.2 Å². The van der Waals surface area contributed by atoms with Gasteiger partial charge >= 0.3 is 0 Å². The highest BCUT2D eigenvalue weighted by Crippen LogP contribution is 2.31. The van der Waals surface area contributed by atoms with Crippen molar-refractivity contribution < 1.29 is 13.1 Å². The van der Waals surface area contributed by atoms with Gasteiger partial charge in [-0.1, -0.05) is 37.1 Å². The molecule has 7 heteroatoms. The first-order chi connectivity index (χ1) is 15.1. The molecule has 1 aromatic rings. The van der Waals surface area contributed by atoms with E-state index in [0.29, 0.717) is 10.8 Å². The third-order valence-corrected chi connectivity index (χ3v) is 8.80. The van der Waals surface area contributed by atoms with Crippen LogP contribution in [-0.4, -0.2) is 62.6 Å². The molecule has 1 atom stereocenters. The Labute approximate surface area is 195 Å². The third-order valence-electron chi connectivity index (χ3n) is 7.02. The molecule has 0 saturated carbocycles. The van der Waals surface area contributed by atoms with Gasteiger partial charge in [-0.05, 0) is 86.9 Å². The number of aryl methyl sites for hydroxylation is 1. The Kier molecular flexibility index (Phi) is 8.15. The standard InChI is InChI=1S/C25H41N4O2S/c1-19(2)18-24-25(20(3)28(5)26-24)29(6)32(30,31)23-12-10-21(11-13-23)8-7-9-22-14-16-27(4)17-15-22/h10-13,19,22,24H,7-9,14-18H2,1-6H3/q+1. The number of likely N-dealkylation sites (N-methyl/N-ethyl adjacent to an activating group) is 1. The van der Waals surface area contributed by atoms with Gasteiger partial charge < -0.3 is 4.90 Å². The number of benzene rings is 1. The molecule has 1 saturated heterocycles. The summed E-state index contributed by atoms with van der Waals surface area (Å²) < 4.78 is 30.0. The lowest BCUT2D eigenvalue weighted by atomic mass is 9.91. The summed E-state index contributed by atoms with van der Waals surface area (Å²) in [6.07, 6.45) is 6.86. The minimum atomic E-state index is -3.62. The Morgan fingerprint density at radius 3 is 2.41 bits per heavy atom. The van der Waals surface area contributed by atoms with Gasteiger partial charge in [-0.3, -0.25) is 4.31 Å². The quantitative estimate of drug-likeness (QED) is 0.500. The predicted octanol–water partition coefficient (Wildman–Crippen LogP) is 4.73. The summed E-state index contributed by atoms with van der Waals surface area (Å²) in [6, 6.07) is 7.36. The average molecular weight is 462 g/mol. The van der Waals surface area contributed by atoms with Crippen molar-refractivity contribution in [2.24, 2.45) is 17.0 Å². The fraction of sp³-hybridized carbons (Fsp3) is 0.680. The number of sulfonamides is 1. The van der Waals surface area contributed by atoms with Crippen LogP contribution in [0.25, 0.3) is 0 Å².